The van der Waals surface area contributed by atoms with Gasteiger partial charge in [-0.2, -0.15) is 5.10 Å². The van der Waals surface area contributed by atoms with Crippen molar-refractivity contribution in [1.82, 2.24) is 9.78 Å². The molecule has 1 heterocycles. The van der Waals surface area contributed by atoms with Crippen LogP contribution in [0.25, 0.3) is 0 Å². The molecule has 96 valence electrons. The third kappa shape index (κ3) is 3.11. The van der Waals surface area contributed by atoms with Crippen molar-refractivity contribution >= 4 is 15.9 Å². The standard InChI is InChI=1S/C13H16BrN3O/c1-18-13-3-2-12(14)6-11(13)9-17-8-10(4-5-15)7-16-17/h2-3,6-8H,4-5,9,15H2,1H3. The van der Waals surface area contributed by atoms with Gasteiger partial charge in [0.15, 0.2) is 0 Å². The van der Waals surface area contributed by atoms with Gasteiger partial charge < -0.3 is 10.5 Å². The Balaban J connectivity index is 2.19. The molecule has 0 saturated carbocycles. The number of benzene rings is 1. The highest BCUT2D eigenvalue weighted by Crippen LogP contribution is 2.23. The first kappa shape index (κ1) is 13.1. The fourth-order valence-corrected chi connectivity index (χ4v) is 2.24. The van der Waals surface area contributed by atoms with Crippen LogP contribution in [0.5, 0.6) is 5.75 Å². The van der Waals surface area contributed by atoms with E-state index < -0.39 is 0 Å². The highest BCUT2D eigenvalue weighted by atomic mass is 79.9. The second kappa shape index (κ2) is 6.02. The summed E-state index contributed by atoms with van der Waals surface area (Å²) in [5.41, 5.74) is 7.78. The van der Waals surface area contributed by atoms with Gasteiger partial charge in [0.1, 0.15) is 5.75 Å². The largest absolute Gasteiger partial charge is 0.496 e. The summed E-state index contributed by atoms with van der Waals surface area (Å²) in [6, 6.07) is 5.96. The van der Waals surface area contributed by atoms with E-state index in [0.29, 0.717) is 13.1 Å². The Hall–Kier alpha value is -1.33. The Morgan fingerprint density at radius 3 is 3.00 bits per heavy atom. The first-order chi connectivity index (χ1) is 8.72. The van der Waals surface area contributed by atoms with Gasteiger partial charge >= 0.3 is 0 Å². The van der Waals surface area contributed by atoms with Crippen molar-refractivity contribution in [1.29, 1.82) is 0 Å². The molecule has 0 aliphatic rings. The van der Waals surface area contributed by atoms with Crippen LogP contribution in [-0.4, -0.2) is 23.4 Å². The summed E-state index contributed by atoms with van der Waals surface area (Å²) < 4.78 is 8.28. The fraction of sp³-hybridized carbons (Fsp3) is 0.308. The first-order valence-electron chi connectivity index (χ1n) is 5.76. The predicted molar refractivity (Wildman–Crippen MR) is 74.8 cm³/mol. The van der Waals surface area contributed by atoms with Crippen LogP contribution >= 0.6 is 15.9 Å². The van der Waals surface area contributed by atoms with Crippen LogP contribution in [0.2, 0.25) is 0 Å². The van der Waals surface area contributed by atoms with E-state index in [1.54, 1.807) is 7.11 Å². The molecule has 18 heavy (non-hydrogen) atoms. The van der Waals surface area contributed by atoms with Crippen molar-refractivity contribution in [2.75, 3.05) is 13.7 Å². The van der Waals surface area contributed by atoms with Gasteiger partial charge in [0, 0.05) is 16.2 Å². The minimum Gasteiger partial charge on any atom is -0.496 e. The molecule has 0 aliphatic heterocycles. The summed E-state index contributed by atoms with van der Waals surface area (Å²) in [5, 5.41) is 4.33. The molecule has 0 unspecified atom stereocenters. The number of nitrogens with two attached hydrogens (primary N) is 1. The van der Waals surface area contributed by atoms with Crippen molar-refractivity contribution in [3.63, 3.8) is 0 Å². The lowest BCUT2D eigenvalue weighted by molar-refractivity contribution is 0.407. The number of rotatable bonds is 5. The summed E-state index contributed by atoms with van der Waals surface area (Å²) in [7, 11) is 1.68. The summed E-state index contributed by atoms with van der Waals surface area (Å²) in [6.45, 7) is 1.33. The maximum atomic E-state index is 5.52. The minimum absolute atomic E-state index is 0.645. The van der Waals surface area contributed by atoms with E-state index in [-0.39, 0.29) is 0 Å². The Bertz CT molecular complexity index is 525. The topological polar surface area (TPSA) is 53.1 Å². The molecule has 1 aromatic carbocycles. The lowest BCUT2D eigenvalue weighted by atomic mass is 10.2. The lowest BCUT2D eigenvalue weighted by Crippen LogP contribution is -2.03. The SMILES string of the molecule is COc1ccc(Br)cc1Cn1cc(CCN)cn1. The average molecular weight is 310 g/mol. The molecule has 0 saturated heterocycles. The number of ether oxygens (including phenoxy) is 1. The van der Waals surface area contributed by atoms with E-state index in [4.69, 9.17) is 10.5 Å². The Labute approximate surface area is 115 Å². The molecule has 2 rings (SSSR count). The molecule has 0 aliphatic carbocycles. The van der Waals surface area contributed by atoms with Crippen LogP contribution in [0, 0.1) is 0 Å². The molecule has 0 atom stereocenters. The van der Waals surface area contributed by atoms with Gasteiger partial charge in [-0.1, -0.05) is 15.9 Å². The number of aromatic nitrogens is 2. The fourth-order valence-electron chi connectivity index (χ4n) is 1.83. The van der Waals surface area contributed by atoms with Gasteiger partial charge in [-0.15, -0.1) is 0 Å². The summed E-state index contributed by atoms with van der Waals surface area (Å²) >= 11 is 3.47. The normalized spacial score (nSPS) is 10.6. The van der Waals surface area contributed by atoms with Gasteiger partial charge in [0.05, 0.1) is 19.9 Å². The molecule has 1 aromatic heterocycles. The van der Waals surface area contributed by atoms with Crippen molar-refractivity contribution in [3.8, 4) is 5.75 Å². The van der Waals surface area contributed by atoms with E-state index >= 15 is 0 Å². The molecule has 5 heteroatoms. The molecule has 0 amide bonds. The molecule has 4 nitrogen and oxygen atoms in total. The second-order valence-corrected chi connectivity index (χ2v) is 4.96. The summed E-state index contributed by atoms with van der Waals surface area (Å²) in [5.74, 6) is 0.870. The quantitative estimate of drug-likeness (QED) is 0.921. The summed E-state index contributed by atoms with van der Waals surface area (Å²) in [6.07, 6.45) is 4.74. The highest BCUT2D eigenvalue weighted by molar-refractivity contribution is 9.10. The molecule has 0 bridgehead atoms. The summed E-state index contributed by atoms with van der Waals surface area (Å²) in [4.78, 5) is 0. The maximum Gasteiger partial charge on any atom is 0.124 e. The lowest BCUT2D eigenvalue weighted by Gasteiger charge is -2.09. The van der Waals surface area contributed by atoms with E-state index in [1.165, 1.54) is 0 Å². The average Bonchev–Trinajstić information content (AvgIpc) is 2.77. The van der Waals surface area contributed by atoms with Crippen molar-refractivity contribution in [2.45, 2.75) is 13.0 Å². The van der Waals surface area contributed by atoms with Gasteiger partial charge in [-0.25, -0.2) is 0 Å². The highest BCUT2D eigenvalue weighted by Gasteiger charge is 2.06. The van der Waals surface area contributed by atoms with Crippen molar-refractivity contribution in [3.05, 3.63) is 46.2 Å². The van der Waals surface area contributed by atoms with Crippen LogP contribution in [0.4, 0.5) is 0 Å². The number of methoxy groups -OCH3 is 1. The van der Waals surface area contributed by atoms with Crippen LogP contribution in [-0.2, 0) is 13.0 Å². The van der Waals surface area contributed by atoms with E-state index in [9.17, 15) is 0 Å². The van der Waals surface area contributed by atoms with Gasteiger partial charge in [-0.05, 0) is 36.7 Å². The molecule has 0 spiro atoms. The van der Waals surface area contributed by atoms with E-state index in [2.05, 4.69) is 21.0 Å². The van der Waals surface area contributed by atoms with Crippen LogP contribution < -0.4 is 10.5 Å². The number of halogens is 1. The molecule has 0 radical (unpaired) electrons. The van der Waals surface area contributed by atoms with Crippen LogP contribution in [0.1, 0.15) is 11.1 Å². The number of hydrogen-bond acceptors (Lipinski definition) is 3. The van der Waals surface area contributed by atoms with Gasteiger partial charge in [0.2, 0.25) is 0 Å². The van der Waals surface area contributed by atoms with Crippen LogP contribution in [0.3, 0.4) is 0 Å². The van der Waals surface area contributed by atoms with Gasteiger partial charge in [-0.3, -0.25) is 4.68 Å². The third-order valence-corrected chi connectivity index (χ3v) is 3.19. The predicted octanol–water partition coefficient (Wildman–Crippen LogP) is 2.20. The molecule has 2 aromatic rings. The molecule has 0 fully saturated rings. The zero-order valence-corrected chi connectivity index (χ0v) is 11.9. The van der Waals surface area contributed by atoms with Crippen molar-refractivity contribution in [2.24, 2.45) is 5.73 Å². The Morgan fingerprint density at radius 1 is 1.44 bits per heavy atom. The van der Waals surface area contributed by atoms with Gasteiger partial charge in [0.25, 0.3) is 0 Å². The third-order valence-electron chi connectivity index (χ3n) is 2.69. The zero-order valence-electron chi connectivity index (χ0n) is 10.3. The number of nitrogens with zero attached hydrogens (tertiary/aromatic N) is 2. The van der Waals surface area contributed by atoms with E-state index in [1.807, 2.05) is 35.3 Å². The van der Waals surface area contributed by atoms with Crippen molar-refractivity contribution < 1.29 is 4.74 Å². The maximum absolute atomic E-state index is 5.52. The number of hydrogen-bond donors (Lipinski definition) is 1. The smallest absolute Gasteiger partial charge is 0.124 e. The first-order valence-corrected chi connectivity index (χ1v) is 6.56. The Kier molecular flexibility index (Phi) is 4.38. The minimum atomic E-state index is 0.645. The molecular formula is C13H16BrN3O. The zero-order chi connectivity index (χ0) is 13.0. The van der Waals surface area contributed by atoms with E-state index in [0.717, 1.165) is 27.8 Å². The molecule has 2 N–H and O–H groups in total. The second-order valence-electron chi connectivity index (χ2n) is 4.04. The Morgan fingerprint density at radius 2 is 2.28 bits per heavy atom. The molecular weight excluding hydrogens is 294 g/mol. The van der Waals surface area contributed by atoms with Crippen LogP contribution in [0.15, 0.2) is 35.1 Å². The monoisotopic (exact) mass is 309 g/mol.